The Morgan fingerprint density at radius 2 is 1.75 bits per heavy atom. The molecule has 6 fully saturated rings. The maximum atomic E-state index is 11.2. The Morgan fingerprint density at radius 1 is 0.969 bits per heavy atom. The molecule has 4 nitrogen and oxygen atoms in total. The summed E-state index contributed by atoms with van der Waals surface area (Å²) in [6, 6.07) is 0. The number of ether oxygens (including phenoxy) is 1. The van der Waals surface area contributed by atoms with Crippen LogP contribution in [0.5, 0.6) is 0 Å². The van der Waals surface area contributed by atoms with E-state index in [-0.39, 0.29) is 17.4 Å². The van der Waals surface area contributed by atoms with Gasteiger partial charge in [-0.1, -0.05) is 20.8 Å². The van der Waals surface area contributed by atoms with Crippen LogP contribution >= 0.6 is 0 Å². The van der Waals surface area contributed by atoms with E-state index in [0.717, 1.165) is 49.5 Å². The van der Waals surface area contributed by atoms with Crippen molar-refractivity contribution in [3.63, 3.8) is 0 Å². The molecule has 6 rings (SSSR count). The zero-order valence-corrected chi connectivity index (χ0v) is 20.8. The van der Waals surface area contributed by atoms with E-state index in [0.29, 0.717) is 28.5 Å². The third-order valence-electron chi connectivity index (χ3n) is 12.5. The summed E-state index contributed by atoms with van der Waals surface area (Å²) in [5.74, 6) is 3.23. The molecule has 6 unspecified atom stereocenters. The van der Waals surface area contributed by atoms with Crippen molar-refractivity contribution in [2.75, 3.05) is 6.54 Å². The Hall–Kier alpha value is -0.610. The largest absolute Gasteiger partial charge is 0.393 e. The Kier molecular flexibility index (Phi) is 4.77. The molecule has 180 valence electrons. The van der Waals surface area contributed by atoms with E-state index in [1.165, 1.54) is 51.4 Å². The van der Waals surface area contributed by atoms with Gasteiger partial charge in [0.2, 0.25) is 5.91 Å². The second-order valence-corrected chi connectivity index (χ2v) is 13.7. The summed E-state index contributed by atoms with van der Waals surface area (Å²) in [7, 11) is 0. The molecule has 1 amide bonds. The molecule has 2 spiro atoms. The molecule has 32 heavy (non-hydrogen) atoms. The molecule has 1 aliphatic heterocycles. The van der Waals surface area contributed by atoms with Crippen LogP contribution in [-0.4, -0.2) is 35.9 Å². The molecule has 10 atom stereocenters. The van der Waals surface area contributed by atoms with Gasteiger partial charge >= 0.3 is 0 Å². The number of hydrogen-bond donors (Lipinski definition) is 2. The van der Waals surface area contributed by atoms with Crippen LogP contribution in [0.4, 0.5) is 0 Å². The predicted molar refractivity (Wildman–Crippen MR) is 125 cm³/mol. The van der Waals surface area contributed by atoms with Gasteiger partial charge in [-0.3, -0.25) is 4.79 Å². The lowest BCUT2D eigenvalue weighted by Crippen LogP contribution is -2.54. The van der Waals surface area contributed by atoms with Crippen molar-refractivity contribution >= 4 is 5.91 Å². The number of nitrogens with one attached hydrogen (secondary N) is 1. The first-order valence-corrected chi connectivity index (χ1v) is 13.7. The van der Waals surface area contributed by atoms with Crippen LogP contribution in [0.2, 0.25) is 0 Å². The lowest BCUT2D eigenvalue weighted by atomic mass is 9.46. The fourth-order valence-corrected chi connectivity index (χ4v) is 10.9. The molecule has 5 saturated carbocycles. The van der Waals surface area contributed by atoms with Crippen molar-refractivity contribution in [2.24, 2.45) is 45.3 Å². The van der Waals surface area contributed by atoms with E-state index in [4.69, 9.17) is 4.74 Å². The van der Waals surface area contributed by atoms with Crippen molar-refractivity contribution in [1.29, 1.82) is 0 Å². The maximum Gasteiger partial charge on any atom is 0.216 e. The van der Waals surface area contributed by atoms with Crippen molar-refractivity contribution in [3.8, 4) is 0 Å². The highest BCUT2D eigenvalue weighted by Gasteiger charge is 2.80. The highest BCUT2D eigenvalue weighted by Crippen LogP contribution is 2.87. The highest BCUT2D eigenvalue weighted by molar-refractivity contribution is 5.72. The number of fused-ring (bicyclic) bond motifs is 4. The normalized spacial score (nSPS) is 55.0. The molecule has 4 heteroatoms. The van der Waals surface area contributed by atoms with Gasteiger partial charge in [0.1, 0.15) is 0 Å². The number of carbonyl (C=O) groups excluding carboxylic acids is 1. The number of aliphatic hydroxyl groups excluding tert-OH is 1. The third kappa shape index (κ3) is 2.72. The van der Waals surface area contributed by atoms with E-state index >= 15 is 0 Å². The van der Waals surface area contributed by atoms with Gasteiger partial charge in [-0.15, -0.1) is 0 Å². The highest BCUT2D eigenvalue weighted by atomic mass is 16.5. The van der Waals surface area contributed by atoms with Gasteiger partial charge in [-0.05, 0) is 116 Å². The van der Waals surface area contributed by atoms with Gasteiger partial charge in [0.15, 0.2) is 0 Å². The van der Waals surface area contributed by atoms with Crippen LogP contribution < -0.4 is 5.32 Å². The zero-order valence-electron chi connectivity index (χ0n) is 20.8. The zero-order chi connectivity index (χ0) is 22.5. The number of carbonyl (C=O) groups is 1. The van der Waals surface area contributed by atoms with Gasteiger partial charge in [0.25, 0.3) is 0 Å². The minimum atomic E-state index is -0.113. The van der Waals surface area contributed by atoms with Gasteiger partial charge in [0, 0.05) is 13.5 Å². The molecule has 1 heterocycles. The van der Waals surface area contributed by atoms with E-state index in [1.54, 1.807) is 6.92 Å². The van der Waals surface area contributed by atoms with Gasteiger partial charge in [-0.2, -0.15) is 0 Å². The topological polar surface area (TPSA) is 58.6 Å². The molecule has 0 bridgehead atoms. The molecule has 2 N–H and O–H groups in total. The van der Waals surface area contributed by atoms with E-state index in [1.807, 2.05) is 0 Å². The maximum absolute atomic E-state index is 11.2. The number of aliphatic hydroxyl groups is 1. The average Bonchev–Trinajstić information content (AvgIpc) is 3.31. The van der Waals surface area contributed by atoms with Crippen molar-refractivity contribution in [1.82, 2.24) is 5.32 Å². The Morgan fingerprint density at radius 3 is 2.53 bits per heavy atom. The Bertz CT molecular complexity index is 796. The smallest absolute Gasteiger partial charge is 0.216 e. The molecule has 6 aliphatic rings. The summed E-state index contributed by atoms with van der Waals surface area (Å²) in [6.07, 6.45) is 14.6. The second kappa shape index (κ2) is 6.97. The molecule has 1 saturated heterocycles. The summed E-state index contributed by atoms with van der Waals surface area (Å²) < 4.78 is 6.74. The first-order valence-electron chi connectivity index (χ1n) is 13.7. The molecule has 0 aromatic rings. The summed E-state index contributed by atoms with van der Waals surface area (Å²) in [4.78, 5) is 11.2. The molecule has 0 radical (unpaired) electrons. The Balaban J connectivity index is 1.20. The standard InChI is InChI=1S/C28H45NO3/c1-17(30)29-14-10-18-5-6-20-22(32-18)15-21-19-7-8-23-25(2,3)24(31)9-11-28(23)16-27(19,28)13-12-26(20,21)4/h18-24,31H,5-16H2,1-4H3,(H,29,30)/t18?,19?,20?,21?,22?,23?,24-,26+,27-,28+/m0/s1. The molecule has 0 aromatic heterocycles. The summed E-state index contributed by atoms with van der Waals surface area (Å²) >= 11 is 0. The minimum absolute atomic E-state index is 0.0655. The minimum Gasteiger partial charge on any atom is -0.393 e. The van der Waals surface area contributed by atoms with Crippen LogP contribution in [0.25, 0.3) is 0 Å². The van der Waals surface area contributed by atoms with E-state index in [9.17, 15) is 9.90 Å². The molecule has 5 aliphatic carbocycles. The number of rotatable bonds is 3. The van der Waals surface area contributed by atoms with Crippen LogP contribution in [-0.2, 0) is 9.53 Å². The fourth-order valence-electron chi connectivity index (χ4n) is 10.9. The predicted octanol–water partition coefficient (Wildman–Crippen LogP) is 5.08. The lowest BCUT2D eigenvalue weighted by molar-refractivity contribution is -0.135. The first kappa shape index (κ1) is 21.9. The Labute approximate surface area is 194 Å². The van der Waals surface area contributed by atoms with Gasteiger partial charge in [0.05, 0.1) is 18.3 Å². The van der Waals surface area contributed by atoms with Crippen LogP contribution in [0, 0.1) is 45.3 Å². The number of hydrogen-bond acceptors (Lipinski definition) is 3. The van der Waals surface area contributed by atoms with Crippen molar-refractivity contribution in [2.45, 2.75) is 117 Å². The quantitative estimate of drug-likeness (QED) is 0.639. The molecular formula is C28H45NO3. The van der Waals surface area contributed by atoms with E-state index in [2.05, 4.69) is 26.1 Å². The fraction of sp³-hybridized carbons (Fsp3) is 0.964. The van der Waals surface area contributed by atoms with Gasteiger partial charge in [-0.25, -0.2) is 0 Å². The SMILES string of the molecule is CC(=O)NCCC1CCC2C(CC3C4CCC5C(C)(C)[C@@H](O)CC[C@@]56C[C@@]46CC[C@]23C)O1. The van der Waals surface area contributed by atoms with Crippen LogP contribution in [0.1, 0.15) is 98.3 Å². The average molecular weight is 444 g/mol. The summed E-state index contributed by atoms with van der Waals surface area (Å²) in [5, 5.41) is 13.8. The van der Waals surface area contributed by atoms with Crippen molar-refractivity contribution < 1.29 is 14.6 Å². The van der Waals surface area contributed by atoms with Gasteiger partial charge < -0.3 is 15.2 Å². The van der Waals surface area contributed by atoms with Crippen molar-refractivity contribution in [3.05, 3.63) is 0 Å². The first-order chi connectivity index (χ1) is 15.1. The monoisotopic (exact) mass is 443 g/mol. The summed E-state index contributed by atoms with van der Waals surface area (Å²) in [6.45, 7) is 9.70. The second-order valence-electron chi connectivity index (χ2n) is 13.7. The lowest BCUT2D eigenvalue weighted by Gasteiger charge is -2.59. The van der Waals surface area contributed by atoms with Crippen LogP contribution in [0.3, 0.4) is 0 Å². The van der Waals surface area contributed by atoms with E-state index < -0.39 is 0 Å². The molecular weight excluding hydrogens is 398 g/mol. The van der Waals surface area contributed by atoms with Crippen LogP contribution in [0.15, 0.2) is 0 Å². The summed E-state index contributed by atoms with van der Waals surface area (Å²) in [5.41, 5.74) is 1.66. The number of amides is 1. The third-order valence-corrected chi connectivity index (χ3v) is 12.5. The molecule has 0 aromatic carbocycles.